The monoisotopic (exact) mass is 295 g/mol. The Morgan fingerprint density at radius 1 is 1.25 bits per heavy atom. The summed E-state index contributed by atoms with van der Waals surface area (Å²) in [5.74, 6) is 1.58. The largest absolute Gasteiger partial charge is 0.325 e. The molecule has 2 aliphatic heterocycles. The average molecular weight is 296 g/mol. The maximum atomic E-state index is 12.0. The van der Waals surface area contributed by atoms with Crippen molar-refractivity contribution in [2.24, 2.45) is 11.8 Å². The van der Waals surface area contributed by atoms with E-state index in [9.17, 15) is 4.79 Å². The molecule has 0 saturated carbocycles. The fraction of sp³-hybridized carbons (Fsp3) is 0.533. The lowest BCUT2D eigenvalue weighted by atomic mass is 10.0. The smallest absolute Gasteiger partial charge is 0.238 e. The Morgan fingerprint density at radius 3 is 2.45 bits per heavy atom. The van der Waals surface area contributed by atoms with Gasteiger partial charge in [-0.15, -0.1) is 12.4 Å². The summed E-state index contributed by atoms with van der Waals surface area (Å²) in [7, 11) is 0. The quantitative estimate of drug-likeness (QED) is 0.888. The average Bonchev–Trinajstić information content (AvgIpc) is 2.92. The highest BCUT2D eigenvalue weighted by Gasteiger charge is 2.36. The molecule has 0 radical (unpaired) electrons. The van der Waals surface area contributed by atoms with Crippen LogP contribution in [0.2, 0.25) is 0 Å². The number of anilines is 1. The number of rotatable bonds is 3. The van der Waals surface area contributed by atoms with E-state index in [1.807, 2.05) is 31.2 Å². The molecule has 0 bridgehead atoms. The van der Waals surface area contributed by atoms with Gasteiger partial charge in [-0.1, -0.05) is 17.7 Å². The molecule has 2 atom stereocenters. The molecule has 4 nitrogen and oxygen atoms in total. The van der Waals surface area contributed by atoms with Crippen LogP contribution < -0.4 is 10.6 Å². The number of carbonyl (C=O) groups excluding carboxylic acids is 1. The number of nitrogens with zero attached hydrogens (tertiary/aromatic N) is 1. The molecule has 1 amide bonds. The summed E-state index contributed by atoms with van der Waals surface area (Å²) in [4.78, 5) is 14.3. The molecule has 0 aliphatic carbocycles. The van der Waals surface area contributed by atoms with Gasteiger partial charge in [0, 0.05) is 18.8 Å². The van der Waals surface area contributed by atoms with Crippen LogP contribution in [0.25, 0.3) is 0 Å². The van der Waals surface area contributed by atoms with Crippen LogP contribution in [0.1, 0.15) is 5.56 Å². The Morgan fingerprint density at radius 2 is 1.85 bits per heavy atom. The topological polar surface area (TPSA) is 44.4 Å². The predicted octanol–water partition coefficient (Wildman–Crippen LogP) is 1.51. The normalized spacial score (nSPS) is 25.1. The molecular weight excluding hydrogens is 274 g/mol. The molecular formula is C15H22ClN3O. The summed E-state index contributed by atoms with van der Waals surface area (Å²) in [5.41, 5.74) is 2.09. The van der Waals surface area contributed by atoms with Crippen LogP contribution in [0.3, 0.4) is 0 Å². The van der Waals surface area contributed by atoms with Gasteiger partial charge in [-0.25, -0.2) is 0 Å². The number of aryl methyl sites for hydroxylation is 1. The first-order chi connectivity index (χ1) is 9.20. The molecule has 5 heteroatoms. The SMILES string of the molecule is Cc1ccc(NC(=O)CN2C[C@H]3CNC[C@H]3C2)cc1.Cl. The Hall–Kier alpha value is -1.10. The summed E-state index contributed by atoms with van der Waals surface area (Å²) in [6.45, 7) is 6.89. The molecule has 1 aromatic carbocycles. The molecule has 0 spiro atoms. The van der Waals surface area contributed by atoms with Crippen molar-refractivity contribution in [3.63, 3.8) is 0 Å². The van der Waals surface area contributed by atoms with Gasteiger partial charge < -0.3 is 10.6 Å². The first kappa shape index (κ1) is 15.3. The lowest BCUT2D eigenvalue weighted by molar-refractivity contribution is -0.117. The third-order valence-electron chi connectivity index (χ3n) is 4.17. The first-order valence-electron chi connectivity index (χ1n) is 7.00. The van der Waals surface area contributed by atoms with Crippen LogP contribution in [-0.2, 0) is 4.79 Å². The Kier molecular flexibility index (Phi) is 5.02. The molecule has 2 heterocycles. The van der Waals surface area contributed by atoms with Crippen molar-refractivity contribution in [1.29, 1.82) is 0 Å². The van der Waals surface area contributed by atoms with Gasteiger partial charge in [0.05, 0.1) is 6.54 Å². The number of nitrogens with one attached hydrogen (secondary N) is 2. The maximum absolute atomic E-state index is 12.0. The van der Waals surface area contributed by atoms with Crippen LogP contribution >= 0.6 is 12.4 Å². The van der Waals surface area contributed by atoms with Gasteiger partial charge in [0.1, 0.15) is 0 Å². The van der Waals surface area contributed by atoms with E-state index in [1.54, 1.807) is 0 Å². The Balaban J connectivity index is 0.00000147. The fourth-order valence-corrected chi connectivity index (χ4v) is 3.12. The van der Waals surface area contributed by atoms with Gasteiger partial charge >= 0.3 is 0 Å². The molecule has 2 saturated heterocycles. The molecule has 2 aliphatic rings. The molecule has 110 valence electrons. The summed E-state index contributed by atoms with van der Waals surface area (Å²) in [5, 5.41) is 6.38. The van der Waals surface area contributed by atoms with E-state index in [-0.39, 0.29) is 18.3 Å². The zero-order valence-electron chi connectivity index (χ0n) is 11.8. The van der Waals surface area contributed by atoms with Crippen LogP contribution in [0, 0.1) is 18.8 Å². The maximum Gasteiger partial charge on any atom is 0.238 e. The number of hydrogen-bond donors (Lipinski definition) is 2. The lowest BCUT2D eigenvalue weighted by Gasteiger charge is -2.16. The van der Waals surface area contributed by atoms with Gasteiger partial charge in [0.2, 0.25) is 5.91 Å². The number of amides is 1. The van der Waals surface area contributed by atoms with Gasteiger partial charge in [-0.3, -0.25) is 9.69 Å². The molecule has 1 aromatic rings. The van der Waals surface area contributed by atoms with Crippen molar-refractivity contribution >= 4 is 24.0 Å². The van der Waals surface area contributed by atoms with Crippen molar-refractivity contribution in [1.82, 2.24) is 10.2 Å². The lowest BCUT2D eigenvalue weighted by Crippen LogP contribution is -2.33. The van der Waals surface area contributed by atoms with Crippen molar-refractivity contribution in [2.45, 2.75) is 6.92 Å². The van der Waals surface area contributed by atoms with Crippen LogP contribution in [0.15, 0.2) is 24.3 Å². The number of benzene rings is 1. The van der Waals surface area contributed by atoms with E-state index < -0.39 is 0 Å². The summed E-state index contributed by atoms with van der Waals surface area (Å²) in [6, 6.07) is 7.94. The number of likely N-dealkylation sites (tertiary alicyclic amines) is 1. The van der Waals surface area contributed by atoms with Crippen LogP contribution in [0.4, 0.5) is 5.69 Å². The minimum absolute atomic E-state index is 0. The van der Waals surface area contributed by atoms with Crippen molar-refractivity contribution in [3.8, 4) is 0 Å². The van der Waals surface area contributed by atoms with E-state index in [4.69, 9.17) is 0 Å². The Labute approximate surface area is 126 Å². The molecule has 3 rings (SSSR count). The van der Waals surface area contributed by atoms with Gasteiger partial charge in [0.15, 0.2) is 0 Å². The van der Waals surface area contributed by atoms with E-state index in [0.29, 0.717) is 6.54 Å². The summed E-state index contributed by atoms with van der Waals surface area (Å²) in [6.07, 6.45) is 0. The molecule has 2 N–H and O–H groups in total. The standard InChI is InChI=1S/C15H21N3O.ClH/c1-11-2-4-14(5-3-11)17-15(19)10-18-8-12-6-16-7-13(12)9-18;/h2-5,12-13,16H,6-10H2,1H3,(H,17,19);1H/t12-,13+;. The highest BCUT2D eigenvalue weighted by atomic mass is 35.5. The van der Waals surface area contributed by atoms with E-state index >= 15 is 0 Å². The Bertz CT molecular complexity index is 451. The van der Waals surface area contributed by atoms with Gasteiger partial charge in [-0.2, -0.15) is 0 Å². The minimum Gasteiger partial charge on any atom is -0.325 e. The fourth-order valence-electron chi connectivity index (χ4n) is 3.12. The summed E-state index contributed by atoms with van der Waals surface area (Å²) < 4.78 is 0. The van der Waals surface area contributed by atoms with Gasteiger partial charge in [-0.05, 0) is 44.0 Å². The predicted molar refractivity (Wildman–Crippen MR) is 83.3 cm³/mol. The third kappa shape index (κ3) is 3.51. The van der Waals surface area contributed by atoms with Crippen LogP contribution in [-0.4, -0.2) is 43.5 Å². The zero-order chi connectivity index (χ0) is 13.2. The molecule has 20 heavy (non-hydrogen) atoms. The molecule has 0 aromatic heterocycles. The van der Waals surface area contributed by atoms with E-state index in [1.165, 1.54) is 5.56 Å². The van der Waals surface area contributed by atoms with Gasteiger partial charge in [0.25, 0.3) is 0 Å². The second-order valence-corrected chi connectivity index (χ2v) is 5.79. The highest BCUT2D eigenvalue weighted by Crippen LogP contribution is 2.25. The second kappa shape index (κ2) is 6.57. The van der Waals surface area contributed by atoms with E-state index in [2.05, 4.69) is 15.5 Å². The third-order valence-corrected chi connectivity index (χ3v) is 4.17. The van der Waals surface area contributed by atoms with Crippen LogP contribution in [0.5, 0.6) is 0 Å². The molecule has 2 fully saturated rings. The first-order valence-corrected chi connectivity index (χ1v) is 7.00. The number of fused-ring (bicyclic) bond motifs is 1. The van der Waals surface area contributed by atoms with Crippen molar-refractivity contribution in [3.05, 3.63) is 29.8 Å². The van der Waals surface area contributed by atoms with Crippen molar-refractivity contribution < 1.29 is 4.79 Å². The number of hydrogen-bond acceptors (Lipinski definition) is 3. The van der Waals surface area contributed by atoms with E-state index in [0.717, 1.165) is 43.7 Å². The highest BCUT2D eigenvalue weighted by molar-refractivity contribution is 5.92. The molecule has 0 unspecified atom stereocenters. The summed E-state index contributed by atoms with van der Waals surface area (Å²) >= 11 is 0. The van der Waals surface area contributed by atoms with Crippen molar-refractivity contribution in [2.75, 3.05) is 38.0 Å². The number of halogens is 1. The zero-order valence-corrected chi connectivity index (χ0v) is 12.6. The minimum atomic E-state index is 0. The number of carbonyl (C=O) groups is 1. The second-order valence-electron chi connectivity index (χ2n) is 5.79.